The Morgan fingerprint density at radius 3 is 2.65 bits per heavy atom. The summed E-state index contributed by atoms with van der Waals surface area (Å²) in [5.41, 5.74) is 0. The molecule has 6 heteroatoms. The molecular formula is C11H24N2O2S2. The first-order chi connectivity index (χ1) is 8.06. The largest absolute Gasteiger partial charge is 0.313 e. The van der Waals surface area contributed by atoms with Crippen molar-refractivity contribution in [1.29, 1.82) is 0 Å². The molecule has 0 aromatic heterocycles. The molecule has 1 aliphatic rings. The topological polar surface area (TPSA) is 58.2 Å². The first kappa shape index (κ1) is 15.3. The summed E-state index contributed by atoms with van der Waals surface area (Å²) >= 11 is 1.80. The first-order valence-electron chi connectivity index (χ1n) is 6.27. The van der Waals surface area contributed by atoms with Gasteiger partial charge in [0, 0.05) is 19.1 Å². The lowest BCUT2D eigenvalue weighted by molar-refractivity contribution is 0.555. The average molecular weight is 280 g/mol. The van der Waals surface area contributed by atoms with Crippen LogP contribution < -0.4 is 10.0 Å². The van der Waals surface area contributed by atoms with Crippen molar-refractivity contribution in [3.63, 3.8) is 0 Å². The second kappa shape index (κ2) is 7.61. The maximum atomic E-state index is 11.8. The van der Waals surface area contributed by atoms with Crippen molar-refractivity contribution in [2.45, 2.75) is 43.9 Å². The van der Waals surface area contributed by atoms with Crippen molar-refractivity contribution in [3.05, 3.63) is 0 Å². The summed E-state index contributed by atoms with van der Waals surface area (Å²) in [6.45, 7) is 2.89. The highest BCUT2D eigenvalue weighted by molar-refractivity contribution is 7.98. The smallest absolute Gasteiger partial charge is 0.215 e. The van der Waals surface area contributed by atoms with E-state index in [-0.39, 0.29) is 5.25 Å². The molecule has 0 heterocycles. The predicted molar refractivity (Wildman–Crippen MR) is 75.0 cm³/mol. The zero-order chi connectivity index (χ0) is 12.7. The highest BCUT2D eigenvalue weighted by atomic mass is 32.2. The molecule has 1 unspecified atom stereocenters. The van der Waals surface area contributed by atoms with Crippen LogP contribution in [0.15, 0.2) is 0 Å². The fourth-order valence-electron chi connectivity index (χ4n) is 1.46. The second-order valence-electron chi connectivity index (χ2n) is 4.63. The van der Waals surface area contributed by atoms with Gasteiger partial charge < -0.3 is 5.32 Å². The molecule has 0 amide bonds. The van der Waals surface area contributed by atoms with E-state index < -0.39 is 10.0 Å². The molecule has 0 aliphatic heterocycles. The van der Waals surface area contributed by atoms with E-state index in [0.29, 0.717) is 19.1 Å². The van der Waals surface area contributed by atoms with Crippen molar-refractivity contribution in [2.75, 3.05) is 25.1 Å². The van der Waals surface area contributed by atoms with E-state index in [1.165, 1.54) is 12.8 Å². The average Bonchev–Trinajstić information content (AvgIpc) is 3.09. The zero-order valence-electron chi connectivity index (χ0n) is 10.7. The van der Waals surface area contributed by atoms with Gasteiger partial charge in [-0.3, -0.25) is 0 Å². The third-order valence-corrected chi connectivity index (χ3v) is 5.41. The Kier molecular flexibility index (Phi) is 6.84. The van der Waals surface area contributed by atoms with Gasteiger partial charge >= 0.3 is 0 Å². The first-order valence-corrected chi connectivity index (χ1v) is 9.21. The van der Waals surface area contributed by atoms with Crippen molar-refractivity contribution in [2.24, 2.45) is 0 Å². The molecule has 0 radical (unpaired) electrons. The van der Waals surface area contributed by atoms with Gasteiger partial charge in [0.05, 0.1) is 5.25 Å². The van der Waals surface area contributed by atoms with Crippen LogP contribution in [0, 0.1) is 0 Å². The standard InChI is InChI=1S/C11H24N2O2S2/c1-10(9-12-11-5-6-11)17(14,15)13-7-3-4-8-16-2/h10-13H,3-9H2,1-2H3. The summed E-state index contributed by atoms with van der Waals surface area (Å²) in [4.78, 5) is 0. The van der Waals surface area contributed by atoms with Crippen LogP contribution in [0.5, 0.6) is 0 Å². The van der Waals surface area contributed by atoms with E-state index in [4.69, 9.17) is 0 Å². The number of rotatable bonds is 10. The molecule has 2 N–H and O–H groups in total. The van der Waals surface area contributed by atoms with Crippen molar-refractivity contribution in [1.82, 2.24) is 10.0 Å². The molecule has 0 bridgehead atoms. The van der Waals surface area contributed by atoms with Crippen LogP contribution in [-0.4, -0.2) is 44.8 Å². The summed E-state index contributed by atoms with van der Waals surface area (Å²) in [6.07, 6.45) is 6.43. The van der Waals surface area contributed by atoms with Crippen LogP contribution in [0.25, 0.3) is 0 Å². The van der Waals surface area contributed by atoms with Gasteiger partial charge in [0.2, 0.25) is 10.0 Å². The number of hydrogen-bond acceptors (Lipinski definition) is 4. The molecule has 17 heavy (non-hydrogen) atoms. The second-order valence-corrected chi connectivity index (χ2v) is 7.80. The third-order valence-electron chi connectivity index (χ3n) is 2.88. The molecule has 0 aromatic rings. The predicted octanol–water partition coefficient (Wildman–Crippen LogP) is 1.19. The minimum absolute atomic E-state index is 0.344. The molecular weight excluding hydrogens is 256 g/mol. The molecule has 1 aliphatic carbocycles. The lowest BCUT2D eigenvalue weighted by Gasteiger charge is -2.14. The monoisotopic (exact) mass is 280 g/mol. The summed E-state index contributed by atoms with van der Waals surface area (Å²) in [7, 11) is -3.13. The lowest BCUT2D eigenvalue weighted by Crippen LogP contribution is -2.39. The molecule has 1 atom stereocenters. The zero-order valence-corrected chi connectivity index (χ0v) is 12.4. The van der Waals surface area contributed by atoms with Gasteiger partial charge in [-0.15, -0.1) is 0 Å². The van der Waals surface area contributed by atoms with Gasteiger partial charge in [0.25, 0.3) is 0 Å². The van der Waals surface area contributed by atoms with Crippen LogP contribution in [0.4, 0.5) is 0 Å². The highest BCUT2D eigenvalue weighted by Gasteiger charge is 2.25. The maximum absolute atomic E-state index is 11.8. The third kappa shape index (κ3) is 6.64. The van der Waals surface area contributed by atoms with Gasteiger partial charge in [-0.25, -0.2) is 13.1 Å². The number of unbranched alkanes of at least 4 members (excludes halogenated alkanes) is 1. The van der Waals surface area contributed by atoms with Gasteiger partial charge in [0.15, 0.2) is 0 Å². The minimum Gasteiger partial charge on any atom is -0.313 e. The van der Waals surface area contributed by atoms with Crippen LogP contribution >= 0.6 is 11.8 Å². The van der Waals surface area contributed by atoms with Crippen molar-refractivity contribution >= 4 is 21.8 Å². The molecule has 0 aromatic carbocycles. The Hall–Kier alpha value is 0.220. The van der Waals surface area contributed by atoms with E-state index in [2.05, 4.69) is 16.3 Å². The molecule has 0 spiro atoms. The summed E-state index contributed by atoms with van der Waals surface area (Å²) in [5.74, 6) is 1.10. The van der Waals surface area contributed by atoms with Gasteiger partial charge in [-0.1, -0.05) is 0 Å². The Balaban J connectivity index is 2.13. The lowest BCUT2D eigenvalue weighted by atomic mass is 10.3. The highest BCUT2D eigenvalue weighted by Crippen LogP contribution is 2.18. The Morgan fingerprint density at radius 2 is 2.06 bits per heavy atom. The van der Waals surface area contributed by atoms with Crippen LogP contribution in [0.1, 0.15) is 32.6 Å². The van der Waals surface area contributed by atoms with Crippen LogP contribution in [0.2, 0.25) is 0 Å². The van der Waals surface area contributed by atoms with Gasteiger partial charge in [0.1, 0.15) is 0 Å². The molecule has 0 saturated heterocycles. The summed E-state index contributed by atoms with van der Waals surface area (Å²) < 4.78 is 26.4. The van der Waals surface area contributed by atoms with E-state index in [1.807, 2.05) is 0 Å². The number of thioether (sulfide) groups is 1. The van der Waals surface area contributed by atoms with Crippen LogP contribution in [-0.2, 0) is 10.0 Å². The molecule has 102 valence electrons. The summed E-state index contributed by atoms with van der Waals surface area (Å²) in [5, 5.41) is 2.91. The van der Waals surface area contributed by atoms with E-state index in [9.17, 15) is 8.42 Å². The summed E-state index contributed by atoms with van der Waals surface area (Å²) in [6, 6.07) is 0.564. The molecule has 1 rings (SSSR count). The van der Waals surface area contributed by atoms with E-state index in [0.717, 1.165) is 18.6 Å². The van der Waals surface area contributed by atoms with Crippen molar-refractivity contribution in [3.8, 4) is 0 Å². The Bertz CT molecular complexity index is 303. The normalized spacial score (nSPS) is 18.2. The number of hydrogen-bond donors (Lipinski definition) is 2. The SMILES string of the molecule is CSCCCCNS(=O)(=O)C(C)CNC1CC1. The number of sulfonamides is 1. The fraction of sp³-hybridized carbons (Fsp3) is 1.00. The van der Waals surface area contributed by atoms with Crippen molar-refractivity contribution < 1.29 is 8.42 Å². The molecule has 4 nitrogen and oxygen atoms in total. The quantitative estimate of drug-likeness (QED) is 0.590. The number of nitrogens with one attached hydrogen (secondary N) is 2. The Morgan fingerprint density at radius 1 is 1.35 bits per heavy atom. The van der Waals surface area contributed by atoms with E-state index >= 15 is 0 Å². The molecule has 1 fully saturated rings. The van der Waals surface area contributed by atoms with Gasteiger partial charge in [-0.05, 0) is 44.6 Å². The van der Waals surface area contributed by atoms with Crippen LogP contribution in [0.3, 0.4) is 0 Å². The maximum Gasteiger partial charge on any atom is 0.215 e. The fourth-order valence-corrected chi connectivity index (χ4v) is 2.98. The van der Waals surface area contributed by atoms with Gasteiger partial charge in [-0.2, -0.15) is 11.8 Å². The molecule has 1 saturated carbocycles. The minimum atomic E-state index is -3.13. The Labute approximate surface area is 109 Å². The van der Waals surface area contributed by atoms with E-state index in [1.54, 1.807) is 18.7 Å².